The van der Waals surface area contributed by atoms with Gasteiger partial charge in [-0.1, -0.05) is 11.6 Å². The van der Waals surface area contributed by atoms with E-state index in [0.717, 1.165) is 22.7 Å². The number of anilines is 2. The van der Waals surface area contributed by atoms with E-state index < -0.39 is 0 Å². The summed E-state index contributed by atoms with van der Waals surface area (Å²) in [6.07, 6.45) is 1.48. The van der Waals surface area contributed by atoms with Crippen molar-refractivity contribution >= 4 is 23.2 Å². The Hall–Kier alpha value is -3.39. The summed E-state index contributed by atoms with van der Waals surface area (Å²) in [5.74, 6) is 2.59. The van der Waals surface area contributed by atoms with Crippen LogP contribution in [0.5, 0.6) is 5.75 Å². The summed E-state index contributed by atoms with van der Waals surface area (Å²) in [4.78, 5) is 8.57. The maximum atomic E-state index is 6.55. The summed E-state index contributed by atoms with van der Waals surface area (Å²) < 4.78 is 7.24. The maximum Gasteiger partial charge on any atom is 0.159 e. The fourth-order valence-corrected chi connectivity index (χ4v) is 3.24. The first-order valence-corrected chi connectivity index (χ1v) is 9.52. The van der Waals surface area contributed by atoms with E-state index in [1.165, 1.54) is 6.33 Å². The maximum absolute atomic E-state index is 6.55. The van der Waals surface area contributed by atoms with Crippen molar-refractivity contribution in [2.24, 2.45) is 0 Å². The van der Waals surface area contributed by atoms with E-state index in [0.29, 0.717) is 34.8 Å². The molecule has 0 radical (unpaired) electrons. The standard InChI is InChI=1S/C20H20ClN7O/c1-4-29-15-7-5-14(6-8-15)19-18(21)20(26-25-19)24-16-10-17(23-11-22-16)28-13(3)9-12(2)27-28/h5-11H,4H2,1-3H3,(H2,22,23,24,25,26). The normalized spacial score (nSPS) is 10.9. The molecule has 0 fully saturated rings. The number of ether oxygens (including phenoxy) is 1. The molecule has 4 aromatic rings. The molecule has 1 aromatic carbocycles. The van der Waals surface area contributed by atoms with Gasteiger partial charge in [-0.2, -0.15) is 10.2 Å². The molecule has 2 N–H and O–H groups in total. The lowest BCUT2D eigenvalue weighted by Crippen LogP contribution is -2.04. The lowest BCUT2D eigenvalue weighted by Gasteiger charge is -2.07. The average molecular weight is 410 g/mol. The Labute approximate surface area is 172 Å². The Morgan fingerprint density at radius 1 is 1.14 bits per heavy atom. The molecular weight excluding hydrogens is 390 g/mol. The summed E-state index contributed by atoms with van der Waals surface area (Å²) in [6, 6.07) is 11.4. The van der Waals surface area contributed by atoms with Crippen molar-refractivity contribution in [3.05, 3.63) is 59.1 Å². The van der Waals surface area contributed by atoms with E-state index >= 15 is 0 Å². The molecular formula is C20H20ClN7O. The molecule has 9 heteroatoms. The number of aryl methyl sites for hydroxylation is 2. The van der Waals surface area contributed by atoms with Gasteiger partial charge in [0.15, 0.2) is 5.82 Å². The second-order valence-corrected chi connectivity index (χ2v) is 6.82. The largest absolute Gasteiger partial charge is 0.494 e. The molecule has 0 bridgehead atoms. The van der Waals surface area contributed by atoms with Gasteiger partial charge in [0.1, 0.15) is 34.4 Å². The monoisotopic (exact) mass is 409 g/mol. The number of hydrogen-bond donors (Lipinski definition) is 2. The highest BCUT2D eigenvalue weighted by Crippen LogP contribution is 2.33. The van der Waals surface area contributed by atoms with E-state index in [1.54, 1.807) is 10.7 Å². The van der Waals surface area contributed by atoms with E-state index in [-0.39, 0.29) is 0 Å². The summed E-state index contributed by atoms with van der Waals surface area (Å²) >= 11 is 6.55. The van der Waals surface area contributed by atoms with Crippen LogP contribution in [0.4, 0.5) is 11.6 Å². The Morgan fingerprint density at radius 2 is 1.93 bits per heavy atom. The van der Waals surface area contributed by atoms with Gasteiger partial charge in [-0.05, 0) is 51.1 Å². The molecule has 0 aliphatic rings. The van der Waals surface area contributed by atoms with Crippen molar-refractivity contribution in [2.45, 2.75) is 20.8 Å². The zero-order valence-corrected chi connectivity index (χ0v) is 17.0. The number of benzene rings is 1. The number of halogens is 1. The van der Waals surface area contributed by atoms with Gasteiger partial charge in [0.2, 0.25) is 0 Å². The van der Waals surface area contributed by atoms with Crippen LogP contribution in [0.2, 0.25) is 5.02 Å². The van der Waals surface area contributed by atoms with E-state index in [1.807, 2.05) is 51.1 Å². The summed E-state index contributed by atoms with van der Waals surface area (Å²) in [7, 11) is 0. The molecule has 0 amide bonds. The first-order valence-electron chi connectivity index (χ1n) is 9.15. The van der Waals surface area contributed by atoms with Crippen LogP contribution in [0.1, 0.15) is 18.3 Å². The van der Waals surface area contributed by atoms with E-state index in [4.69, 9.17) is 16.3 Å². The van der Waals surface area contributed by atoms with Crippen molar-refractivity contribution in [1.29, 1.82) is 0 Å². The molecule has 0 saturated heterocycles. The zero-order chi connectivity index (χ0) is 20.4. The van der Waals surface area contributed by atoms with Crippen LogP contribution in [0, 0.1) is 13.8 Å². The summed E-state index contributed by atoms with van der Waals surface area (Å²) in [6.45, 7) is 6.49. The molecule has 29 heavy (non-hydrogen) atoms. The highest BCUT2D eigenvalue weighted by Gasteiger charge is 2.14. The van der Waals surface area contributed by atoms with Crippen molar-refractivity contribution in [1.82, 2.24) is 29.9 Å². The fraction of sp³-hybridized carbons (Fsp3) is 0.200. The minimum atomic E-state index is 0.473. The van der Waals surface area contributed by atoms with Crippen LogP contribution in [-0.4, -0.2) is 36.6 Å². The zero-order valence-electron chi connectivity index (χ0n) is 16.3. The van der Waals surface area contributed by atoms with Crippen LogP contribution in [0.25, 0.3) is 17.1 Å². The topological polar surface area (TPSA) is 93.5 Å². The molecule has 3 heterocycles. The highest BCUT2D eigenvalue weighted by molar-refractivity contribution is 6.35. The Morgan fingerprint density at radius 3 is 2.62 bits per heavy atom. The van der Waals surface area contributed by atoms with Gasteiger partial charge >= 0.3 is 0 Å². The molecule has 0 atom stereocenters. The van der Waals surface area contributed by atoms with Crippen LogP contribution >= 0.6 is 11.6 Å². The predicted molar refractivity (Wildman–Crippen MR) is 112 cm³/mol. The van der Waals surface area contributed by atoms with Crippen LogP contribution in [0.15, 0.2) is 42.7 Å². The van der Waals surface area contributed by atoms with Crippen LogP contribution in [0.3, 0.4) is 0 Å². The highest BCUT2D eigenvalue weighted by atomic mass is 35.5. The van der Waals surface area contributed by atoms with Crippen molar-refractivity contribution in [3.8, 4) is 22.8 Å². The first-order chi connectivity index (χ1) is 14.0. The quantitative estimate of drug-likeness (QED) is 0.488. The summed E-state index contributed by atoms with van der Waals surface area (Å²) in [5, 5.41) is 15.4. The third-order valence-electron chi connectivity index (χ3n) is 4.28. The number of nitrogens with one attached hydrogen (secondary N) is 2. The van der Waals surface area contributed by atoms with Crippen LogP contribution in [-0.2, 0) is 0 Å². The van der Waals surface area contributed by atoms with Crippen LogP contribution < -0.4 is 10.1 Å². The van der Waals surface area contributed by atoms with Crippen molar-refractivity contribution in [2.75, 3.05) is 11.9 Å². The van der Waals surface area contributed by atoms with Gasteiger partial charge in [0.05, 0.1) is 12.3 Å². The lowest BCUT2D eigenvalue weighted by molar-refractivity contribution is 0.340. The molecule has 0 spiro atoms. The average Bonchev–Trinajstić information content (AvgIpc) is 3.24. The van der Waals surface area contributed by atoms with E-state index in [9.17, 15) is 0 Å². The predicted octanol–water partition coefficient (Wildman–Crippen LogP) is 4.46. The SMILES string of the molecule is CCOc1ccc(-c2n[nH]c(Nc3cc(-n4nc(C)cc4C)ncn3)c2Cl)cc1. The van der Waals surface area contributed by atoms with Gasteiger partial charge in [0.25, 0.3) is 0 Å². The van der Waals surface area contributed by atoms with Crippen molar-refractivity contribution in [3.63, 3.8) is 0 Å². The Bertz CT molecular complexity index is 1130. The van der Waals surface area contributed by atoms with Gasteiger partial charge in [-0.15, -0.1) is 0 Å². The van der Waals surface area contributed by atoms with Crippen molar-refractivity contribution < 1.29 is 4.74 Å². The Balaban J connectivity index is 1.58. The smallest absolute Gasteiger partial charge is 0.159 e. The molecule has 0 unspecified atom stereocenters. The van der Waals surface area contributed by atoms with Gasteiger partial charge < -0.3 is 10.1 Å². The molecule has 8 nitrogen and oxygen atoms in total. The Kier molecular flexibility index (Phi) is 5.18. The molecule has 3 aromatic heterocycles. The van der Waals surface area contributed by atoms with Gasteiger partial charge in [0, 0.05) is 17.3 Å². The number of nitrogens with zero attached hydrogens (tertiary/aromatic N) is 5. The van der Waals surface area contributed by atoms with E-state index in [2.05, 4.69) is 30.6 Å². The van der Waals surface area contributed by atoms with Gasteiger partial charge in [-0.25, -0.2) is 14.6 Å². The molecule has 0 saturated carbocycles. The van der Waals surface area contributed by atoms with Gasteiger partial charge in [-0.3, -0.25) is 5.10 Å². The first kappa shape index (κ1) is 18.9. The number of aromatic nitrogens is 6. The minimum absolute atomic E-state index is 0.473. The number of hydrogen-bond acceptors (Lipinski definition) is 6. The third kappa shape index (κ3) is 3.93. The molecule has 148 valence electrons. The number of H-pyrrole nitrogens is 1. The third-order valence-corrected chi connectivity index (χ3v) is 4.65. The molecule has 0 aliphatic carbocycles. The summed E-state index contributed by atoms with van der Waals surface area (Å²) in [5.41, 5.74) is 3.44. The molecule has 0 aliphatic heterocycles. The minimum Gasteiger partial charge on any atom is -0.494 e. The second-order valence-electron chi connectivity index (χ2n) is 6.44. The fourth-order valence-electron chi connectivity index (χ4n) is 3.00. The number of aromatic amines is 1. The number of rotatable bonds is 6. The lowest BCUT2D eigenvalue weighted by atomic mass is 10.1. The second kappa shape index (κ2) is 7.92. The molecule has 4 rings (SSSR count).